The van der Waals surface area contributed by atoms with Crippen molar-refractivity contribution in [1.82, 2.24) is 15.3 Å². The number of nitriles is 1. The highest BCUT2D eigenvalue weighted by Gasteiger charge is 2.13. The molecule has 0 unspecified atom stereocenters. The van der Waals surface area contributed by atoms with E-state index in [0.717, 1.165) is 0 Å². The van der Waals surface area contributed by atoms with E-state index in [1.807, 2.05) is 6.19 Å². The normalized spacial score (nSPS) is 11.4. The maximum absolute atomic E-state index is 10.2. The summed E-state index contributed by atoms with van der Waals surface area (Å²) in [7, 11) is 0. The Kier molecular flexibility index (Phi) is 4.12. The maximum atomic E-state index is 10.2. The number of pyridine rings is 1. The topological polar surface area (TPSA) is 107 Å². The van der Waals surface area contributed by atoms with Gasteiger partial charge in [-0.05, 0) is 30.5 Å². The van der Waals surface area contributed by atoms with E-state index in [1.54, 1.807) is 36.7 Å². The van der Waals surface area contributed by atoms with Crippen LogP contribution in [0.3, 0.4) is 0 Å². The van der Waals surface area contributed by atoms with Crippen LogP contribution in [0.4, 0.5) is 5.69 Å². The molecule has 0 atom stereocenters. The third-order valence-corrected chi connectivity index (χ3v) is 3.54. The summed E-state index contributed by atoms with van der Waals surface area (Å²) >= 11 is 1.29. The first-order valence-electron chi connectivity index (χ1n) is 6.54. The third kappa shape index (κ3) is 3.09. The highest BCUT2D eigenvalue weighted by molar-refractivity contribution is 8.13. The molecule has 7 nitrogen and oxygen atoms in total. The Morgan fingerprint density at radius 2 is 2.30 bits per heavy atom. The molecular weight excluding hydrogens is 314 g/mol. The molecule has 2 N–H and O–H groups in total. The van der Waals surface area contributed by atoms with Crippen molar-refractivity contribution in [3.63, 3.8) is 0 Å². The number of phenols is 1. The minimum Gasteiger partial charge on any atom is -0.507 e. The molecule has 1 aromatic carbocycles. The Labute approximate surface area is 135 Å². The molecule has 0 fully saturated rings. The van der Waals surface area contributed by atoms with Crippen LogP contribution < -0.4 is 5.32 Å². The zero-order valence-electron chi connectivity index (χ0n) is 12.0. The van der Waals surface area contributed by atoms with Crippen molar-refractivity contribution in [3.8, 4) is 23.4 Å². The molecule has 0 saturated carbocycles. The van der Waals surface area contributed by atoms with E-state index < -0.39 is 0 Å². The summed E-state index contributed by atoms with van der Waals surface area (Å²) in [6.07, 6.45) is 5.23. The Hall–Kier alpha value is -3.05. The summed E-state index contributed by atoms with van der Waals surface area (Å²) in [6.45, 7) is 0. The largest absolute Gasteiger partial charge is 0.507 e. The van der Waals surface area contributed by atoms with E-state index >= 15 is 0 Å². The zero-order chi connectivity index (χ0) is 16.2. The average molecular weight is 325 g/mol. The van der Waals surface area contributed by atoms with Crippen LogP contribution >= 0.6 is 11.8 Å². The lowest BCUT2D eigenvalue weighted by molar-refractivity contribution is 0.474. The van der Waals surface area contributed by atoms with Gasteiger partial charge in [0, 0.05) is 12.3 Å². The van der Waals surface area contributed by atoms with Crippen LogP contribution in [-0.4, -0.2) is 26.5 Å². The number of aliphatic imine (C=N–C) groups is 1. The van der Waals surface area contributed by atoms with Gasteiger partial charge in [-0.15, -0.1) is 0 Å². The highest BCUT2D eigenvalue weighted by atomic mass is 32.2. The number of benzene rings is 1. The second-order valence-corrected chi connectivity index (χ2v) is 5.20. The summed E-state index contributed by atoms with van der Waals surface area (Å²) in [6, 6.07) is 8.34. The second-order valence-electron chi connectivity index (χ2n) is 4.40. The molecule has 23 heavy (non-hydrogen) atoms. The van der Waals surface area contributed by atoms with Crippen molar-refractivity contribution in [2.45, 2.75) is 0 Å². The fourth-order valence-electron chi connectivity index (χ4n) is 1.94. The first kappa shape index (κ1) is 14.9. The molecule has 0 radical (unpaired) electrons. The van der Waals surface area contributed by atoms with Crippen LogP contribution in [0.1, 0.15) is 0 Å². The van der Waals surface area contributed by atoms with Crippen LogP contribution in [0.15, 0.2) is 45.9 Å². The van der Waals surface area contributed by atoms with Crippen LogP contribution in [0.5, 0.6) is 5.75 Å². The molecule has 0 aliphatic rings. The molecule has 3 rings (SSSR count). The fourth-order valence-corrected chi connectivity index (χ4v) is 2.29. The molecule has 0 amide bonds. The minimum absolute atomic E-state index is 0.0183. The number of phenolic OH excluding ortho intramolecular Hbond substituents is 1. The van der Waals surface area contributed by atoms with E-state index in [2.05, 4.69) is 20.3 Å². The smallest absolute Gasteiger partial charge is 0.232 e. The van der Waals surface area contributed by atoms with Gasteiger partial charge in [0.15, 0.2) is 22.6 Å². The lowest BCUT2D eigenvalue weighted by Gasteiger charge is -2.03. The van der Waals surface area contributed by atoms with Crippen LogP contribution in [0.25, 0.3) is 22.7 Å². The van der Waals surface area contributed by atoms with Crippen molar-refractivity contribution in [2.75, 3.05) is 6.26 Å². The number of oxazole rings is 1. The Bertz CT molecular complexity index is 896. The number of nitrogens with zero attached hydrogens (tertiary/aromatic N) is 4. The molecule has 0 spiro atoms. The quantitative estimate of drug-likeness (QED) is 0.323. The number of hydrogen-bond donors (Lipinski definition) is 2. The lowest BCUT2D eigenvalue weighted by Crippen LogP contribution is -2.12. The number of aromatic nitrogens is 2. The number of fused-ring (bicyclic) bond motifs is 1. The molecule has 8 heteroatoms. The predicted molar refractivity (Wildman–Crippen MR) is 88.3 cm³/mol. The Morgan fingerprint density at radius 3 is 3.00 bits per heavy atom. The zero-order valence-corrected chi connectivity index (χ0v) is 12.8. The lowest BCUT2D eigenvalue weighted by atomic mass is 10.2. The van der Waals surface area contributed by atoms with Crippen LogP contribution in [0, 0.1) is 11.5 Å². The Balaban J connectivity index is 1.97. The van der Waals surface area contributed by atoms with Crippen molar-refractivity contribution < 1.29 is 9.52 Å². The van der Waals surface area contributed by atoms with Gasteiger partial charge in [-0.25, -0.2) is 9.98 Å². The number of aromatic hydroxyl groups is 1. The van der Waals surface area contributed by atoms with Gasteiger partial charge in [-0.1, -0.05) is 11.8 Å². The van der Waals surface area contributed by atoms with Gasteiger partial charge in [0.1, 0.15) is 5.75 Å². The van der Waals surface area contributed by atoms with E-state index in [1.165, 1.54) is 17.8 Å². The summed E-state index contributed by atoms with van der Waals surface area (Å²) in [5.41, 5.74) is 1.98. The van der Waals surface area contributed by atoms with Gasteiger partial charge < -0.3 is 9.52 Å². The van der Waals surface area contributed by atoms with E-state index in [9.17, 15) is 5.11 Å². The molecule has 0 saturated heterocycles. The number of nitrogens with one attached hydrogen (secondary N) is 1. The van der Waals surface area contributed by atoms with E-state index in [4.69, 9.17) is 9.68 Å². The van der Waals surface area contributed by atoms with Crippen molar-refractivity contribution in [1.29, 1.82) is 5.26 Å². The van der Waals surface area contributed by atoms with Gasteiger partial charge in [-0.3, -0.25) is 5.32 Å². The highest BCUT2D eigenvalue weighted by Crippen LogP contribution is 2.33. The number of hydrogen-bond acceptors (Lipinski definition) is 7. The molecule has 0 aliphatic carbocycles. The standard InChI is InChI=1S/C15H11N5O2S/c1-23-15(18-8-16)19-9-4-5-10(11(21)7-9)14-20-13-12(22-14)3-2-6-17-13/h2-7,21H,1H3,(H,18,19). The molecule has 114 valence electrons. The predicted octanol–water partition coefficient (Wildman–Crippen LogP) is 3.02. The fraction of sp³-hybridized carbons (Fsp3) is 0.0667. The molecule has 0 aliphatic heterocycles. The number of thioether (sulfide) groups is 1. The third-order valence-electron chi connectivity index (χ3n) is 2.96. The summed E-state index contributed by atoms with van der Waals surface area (Å²) in [4.78, 5) is 12.6. The molecule has 0 bridgehead atoms. The summed E-state index contributed by atoms with van der Waals surface area (Å²) in [5.74, 6) is 0.266. The average Bonchev–Trinajstić information content (AvgIpc) is 2.98. The van der Waals surface area contributed by atoms with Crippen molar-refractivity contribution in [3.05, 3.63) is 36.5 Å². The van der Waals surface area contributed by atoms with E-state index in [0.29, 0.717) is 27.6 Å². The second kappa shape index (κ2) is 6.37. The SMILES string of the molecule is CSC(=Nc1ccc(-c2nc3ncccc3o2)c(O)c1)NC#N. The van der Waals surface area contributed by atoms with Gasteiger partial charge in [0.05, 0.1) is 11.3 Å². The van der Waals surface area contributed by atoms with Crippen molar-refractivity contribution >= 4 is 33.8 Å². The number of amidine groups is 1. The van der Waals surface area contributed by atoms with Gasteiger partial charge >= 0.3 is 0 Å². The first-order valence-corrected chi connectivity index (χ1v) is 7.76. The number of rotatable bonds is 2. The van der Waals surface area contributed by atoms with Gasteiger partial charge in [0.25, 0.3) is 0 Å². The molecule has 3 aromatic rings. The van der Waals surface area contributed by atoms with Crippen LogP contribution in [0.2, 0.25) is 0 Å². The van der Waals surface area contributed by atoms with Gasteiger partial charge in [0.2, 0.25) is 5.89 Å². The van der Waals surface area contributed by atoms with E-state index in [-0.39, 0.29) is 11.6 Å². The minimum atomic E-state index is -0.0183. The maximum Gasteiger partial charge on any atom is 0.232 e. The molecule has 2 aromatic heterocycles. The summed E-state index contributed by atoms with van der Waals surface area (Å²) in [5, 5.41) is 21.7. The molecule has 2 heterocycles. The van der Waals surface area contributed by atoms with Gasteiger partial charge in [-0.2, -0.15) is 10.2 Å². The first-order chi connectivity index (χ1) is 11.2. The summed E-state index contributed by atoms with van der Waals surface area (Å²) < 4.78 is 5.59. The van der Waals surface area contributed by atoms with Crippen molar-refractivity contribution in [2.24, 2.45) is 4.99 Å². The monoisotopic (exact) mass is 325 g/mol. The van der Waals surface area contributed by atoms with Crippen LogP contribution in [-0.2, 0) is 0 Å². The Morgan fingerprint density at radius 1 is 1.43 bits per heavy atom. The molecular formula is C15H11N5O2S.